The Morgan fingerprint density at radius 2 is 1.95 bits per heavy atom. The van der Waals surface area contributed by atoms with Gasteiger partial charge in [-0.2, -0.15) is 0 Å². The number of hydrogen-bond acceptors (Lipinski definition) is 1. The van der Waals surface area contributed by atoms with E-state index in [-0.39, 0.29) is 6.03 Å². The first kappa shape index (κ1) is 13.0. The van der Waals surface area contributed by atoms with Crippen molar-refractivity contribution in [2.45, 2.75) is 20.3 Å². The summed E-state index contributed by atoms with van der Waals surface area (Å²) in [7, 11) is 0. The molecule has 1 aliphatic heterocycles. The van der Waals surface area contributed by atoms with Crippen LogP contribution in [0.2, 0.25) is 0 Å². The molecule has 0 unspecified atom stereocenters. The molecule has 106 valence electrons. The monoisotopic (exact) mass is 271 g/mol. The van der Waals surface area contributed by atoms with E-state index in [4.69, 9.17) is 0 Å². The summed E-state index contributed by atoms with van der Waals surface area (Å²) in [6, 6.07) is 8.00. The molecule has 4 heteroatoms. The molecule has 3 rings (SSSR count). The molecule has 0 saturated carbocycles. The third-order valence-electron chi connectivity index (χ3n) is 3.99. The maximum Gasteiger partial charge on any atom is 0.321 e. The molecule has 2 heterocycles. The number of nitrogens with one attached hydrogen (secondary N) is 2. The first-order valence-corrected chi connectivity index (χ1v) is 7.25. The molecule has 0 aliphatic carbocycles. The Hall–Kier alpha value is -1.97. The summed E-state index contributed by atoms with van der Waals surface area (Å²) in [4.78, 5) is 17.5. The number of urea groups is 1. The van der Waals surface area contributed by atoms with E-state index < -0.39 is 0 Å². The molecule has 1 aromatic heterocycles. The van der Waals surface area contributed by atoms with Gasteiger partial charge in [0.05, 0.1) is 5.69 Å². The average molecular weight is 271 g/mol. The third-order valence-corrected chi connectivity index (χ3v) is 3.99. The molecule has 2 N–H and O–H groups in total. The predicted octanol–water partition coefficient (Wildman–Crippen LogP) is 3.68. The maximum absolute atomic E-state index is 12.4. The number of carbonyl (C=O) groups is 1. The van der Waals surface area contributed by atoms with Gasteiger partial charge in [0.15, 0.2) is 0 Å². The van der Waals surface area contributed by atoms with E-state index in [1.165, 1.54) is 6.42 Å². The molecule has 1 aliphatic rings. The Balaban J connectivity index is 1.75. The van der Waals surface area contributed by atoms with Gasteiger partial charge in [0.2, 0.25) is 0 Å². The summed E-state index contributed by atoms with van der Waals surface area (Å²) in [5.41, 5.74) is 1.90. The SMILES string of the molecule is C[C@@H]1C[C@H](C)CN(C(=O)Nc2c[nH]c3ccccc23)C1. The van der Waals surface area contributed by atoms with Crippen LogP contribution in [0.3, 0.4) is 0 Å². The third kappa shape index (κ3) is 2.50. The van der Waals surface area contributed by atoms with Crippen molar-refractivity contribution in [2.75, 3.05) is 18.4 Å². The van der Waals surface area contributed by atoms with Crippen molar-refractivity contribution in [3.63, 3.8) is 0 Å². The number of likely N-dealkylation sites (tertiary alicyclic amines) is 1. The standard InChI is InChI=1S/C16H21N3O/c1-11-7-12(2)10-19(9-11)16(20)18-15-8-17-14-6-4-3-5-13(14)15/h3-6,8,11-12,17H,7,9-10H2,1-2H3,(H,18,20)/t11-,12+. The van der Waals surface area contributed by atoms with Gasteiger partial charge >= 0.3 is 6.03 Å². The average Bonchev–Trinajstić information content (AvgIpc) is 2.81. The number of aromatic amines is 1. The van der Waals surface area contributed by atoms with Gasteiger partial charge in [0, 0.05) is 30.2 Å². The Morgan fingerprint density at radius 3 is 2.70 bits per heavy atom. The van der Waals surface area contributed by atoms with E-state index in [1.807, 2.05) is 35.4 Å². The molecular formula is C16H21N3O. The Labute approximate surface area is 119 Å². The van der Waals surface area contributed by atoms with E-state index in [0.29, 0.717) is 11.8 Å². The van der Waals surface area contributed by atoms with E-state index in [2.05, 4.69) is 24.1 Å². The van der Waals surface area contributed by atoms with Gasteiger partial charge in [0.1, 0.15) is 0 Å². The van der Waals surface area contributed by atoms with Crippen molar-refractivity contribution in [2.24, 2.45) is 11.8 Å². The van der Waals surface area contributed by atoms with Gasteiger partial charge in [0.25, 0.3) is 0 Å². The Kier molecular flexibility index (Phi) is 3.38. The smallest absolute Gasteiger partial charge is 0.321 e. The zero-order valence-electron chi connectivity index (χ0n) is 12.0. The summed E-state index contributed by atoms with van der Waals surface area (Å²) < 4.78 is 0. The van der Waals surface area contributed by atoms with Gasteiger partial charge in [-0.25, -0.2) is 4.79 Å². The number of carbonyl (C=O) groups excluding carboxylic acids is 1. The summed E-state index contributed by atoms with van der Waals surface area (Å²) >= 11 is 0. The Morgan fingerprint density at radius 1 is 1.25 bits per heavy atom. The van der Waals surface area contributed by atoms with Crippen LogP contribution in [0.4, 0.5) is 10.5 Å². The molecule has 2 amide bonds. The highest BCUT2D eigenvalue weighted by atomic mass is 16.2. The van der Waals surface area contributed by atoms with Gasteiger partial charge in [-0.15, -0.1) is 0 Å². The number of aromatic nitrogens is 1. The lowest BCUT2D eigenvalue weighted by atomic mass is 9.92. The molecular weight excluding hydrogens is 250 g/mol. The lowest BCUT2D eigenvalue weighted by Crippen LogP contribution is -2.44. The van der Waals surface area contributed by atoms with Crippen molar-refractivity contribution in [3.05, 3.63) is 30.5 Å². The van der Waals surface area contributed by atoms with Crippen LogP contribution in [-0.2, 0) is 0 Å². The number of rotatable bonds is 1. The fraction of sp³-hybridized carbons (Fsp3) is 0.438. The van der Waals surface area contributed by atoms with E-state index in [0.717, 1.165) is 29.7 Å². The van der Waals surface area contributed by atoms with Gasteiger partial charge in [-0.05, 0) is 24.3 Å². The van der Waals surface area contributed by atoms with Gasteiger partial charge < -0.3 is 15.2 Å². The molecule has 1 aromatic carbocycles. The molecule has 0 bridgehead atoms. The number of H-pyrrole nitrogens is 1. The fourth-order valence-electron chi connectivity index (χ4n) is 3.20. The minimum absolute atomic E-state index is 0.00755. The summed E-state index contributed by atoms with van der Waals surface area (Å²) in [5, 5.41) is 4.09. The van der Waals surface area contributed by atoms with Crippen molar-refractivity contribution >= 4 is 22.6 Å². The van der Waals surface area contributed by atoms with Crippen LogP contribution >= 0.6 is 0 Å². The van der Waals surface area contributed by atoms with Crippen molar-refractivity contribution in [1.29, 1.82) is 0 Å². The zero-order chi connectivity index (χ0) is 14.1. The number of amides is 2. The summed E-state index contributed by atoms with van der Waals surface area (Å²) in [6.07, 6.45) is 3.07. The highest BCUT2D eigenvalue weighted by Crippen LogP contribution is 2.25. The quantitative estimate of drug-likeness (QED) is 0.816. The molecule has 0 spiro atoms. The number of anilines is 1. The van der Waals surface area contributed by atoms with Gasteiger partial charge in [-0.3, -0.25) is 0 Å². The molecule has 2 aromatic rings. The minimum atomic E-state index is 0.00755. The molecule has 2 atom stereocenters. The lowest BCUT2D eigenvalue weighted by Gasteiger charge is -2.34. The van der Waals surface area contributed by atoms with Crippen molar-refractivity contribution < 1.29 is 4.79 Å². The van der Waals surface area contributed by atoms with Crippen molar-refractivity contribution in [1.82, 2.24) is 9.88 Å². The van der Waals surface area contributed by atoms with Crippen LogP contribution in [0.1, 0.15) is 20.3 Å². The molecule has 4 nitrogen and oxygen atoms in total. The second-order valence-corrected chi connectivity index (χ2v) is 6.03. The number of fused-ring (bicyclic) bond motifs is 1. The second-order valence-electron chi connectivity index (χ2n) is 6.03. The first-order valence-electron chi connectivity index (χ1n) is 7.25. The first-order chi connectivity index (χ1) is 9.63. The molecule has 0 radical (unpaired) electrons. The maximum atomic E-state index is 12.4. The fourth-order valence-corrected chi connectivity index (χ4v) is 3.20. The van der Waals surface area contributed by atoms with E-state index in [1.54, 1.807) is 0 Å². The normalized spacial score (nSPS) is 23.0. The number of benzene rings is 1. The predicted molar refractivity (Wildman–Crippen MR) is 81.8 cm³/mol. The molecule has 1 fully saturated rings. The van der Waals surface area contributed by atoms with Crippen LogP contribution in [0.5, 0.6) is 0 Å². The molecule has 20 heavy (non-hydrogen) atoms. The van der Waals surface area contributed by atoms with Crippen LogP contribution in [0.25, 0.3) is 10.9 Å². The summed E-state index contributed by atoms with van der Waals surface area (Å²) in [6.45, 7) is 6.11. The highest BCUT2D eigenvalue weighted by Gasteiger charge is 2.25. The Bertz CT molecular complexity index is 609. The number of para-hydroxylation sites is 1. The van der Waals surface area contributed by atoms with Crippen LogP contribution in [0.15, 0.2) is 30.5 Å². The number of nitrogens with zero attached hydrogens (tertiary/aromatic N) is 1. The van der Waals surface area contributed by atoms with Crippen molar-refractivity contribution in [3.8, 4) is 0 Å². The van der Waals surface area contributed by atoms with Crippen LogP contribution in [-0.4, -0.2) is 29.0 Å². The van der Waals surface area contributed by atoms with Gasteiger partial charge in [-0.1, -0.05) is 32.0 Å². The largest absolute Gasteiger partial charge is 0.359 e. The topological polar surface area (TPSA) is 48.1 Å². The van der Waals surface area contributed by atoms with Crippen LogP contribution in [0, 0.1) is 11.8 Å². The zero-order valence-corrected chi connectivity index (χ0v) is 12.0. The van der Waals surface area contributed by atoms with Crippen LogP contribution < -0.4 is 5.32 Å². The molecule has 1 saturated heterocycles. The highest BCUT2D eigenvalue weighted by molar-refractivity contribution is 6.00. The number of hydrogen-bond donors (Lipinski definition) is 2. The van der Waals surface area contributed by atoms with E-state index in [9.17, 15) is 4.79 Å². The minimum Gasteiger partial charge on any atom is -0.359 e. The second kappa shape index (κ2) is 5.19. The number of piperidine rings is 1. The van der Waals surface area contributed by atoms with E-state index >= 15 is 0 Å². The summed E-state index contributed by atoms with van der Waals surface area (Å²) in [5.74, 6) is 1.15. The lowest BCUT2D eigenvalue weighted by molar-refractivity contribution is 0.156.